The number of hydrogen-bond acceptors (Lipinski definition) is 5. The van der Waals surface area contributed by atoms with Crippen molar-refractivity contribution < 1.29 is 14.8 Å². The zero-order valence-corrected chi connectivity index (χ0v) is 7.01. The third-order valence-electron chi connectivity index (χ3n) is 1.88. The van der Waals surface area contributed by atoms with Crippen LogP contribution in [0.1, 0.15) is 10.5 Å². The van der Waals surface area contributed by atoms with Gasteiger partial charge in [0.15, 0.2) is 11.9 Å². The van der Waals surface area contributed by atoms with E-state index in [0.717, 1.165) is 0 Å². The Balaban J connectivity index is 2.67. The Labute approximate surface area is 78.7 Å². The summed E-state index contributed by atoms with van der Waals surface area (Å²) < 4.78 is 0. The van der Waals surface area contributed by atoms with Crippen molar-refractivity contribution >= 4 is 29.9 Å². The van der Waals surface area contributed by atoms with Gasteiger partial charge in [-0.25, -0.2) is 4.98 Å². The van der Waals surface area contributed by atoms with Crippen molar-refractivity contribution in [2.75, 3.05) is 0 Å². The summed E-state index contributed by atoms with van der Waals surface area (Å²) in [6, 6.07) is 1.46. The fourth-order valence-electron chi connectivity index (χ4n) is 1.17. The van der Waals surface area contributed by atoms with E-state index in [1.54, 1.807) is 0 Å². The largest absolute Gasteiger partial charge is 0.490 e. The van der Waals surface area contributed by atoms with Crippen molar-refractivity contribution in [1.82, 2.24) is 15.2 Å². The van der Waals surface area contributed by atoms with E-state index in [9.17, 15) is 4.79 Å². The normalized spacial score (nSPS) is 10.4. The molecule has 2 aromatic rings. The Morgan fingerprint density at radius 2 is 2.29 bits per heavy atom. The molecule has 7 heteroatoms. The summed E-state index contributed by atoms with van der Waals surface area (Å²) in [4.78, 5) is 14.4. The number of nitrogens with zero attached hydrogens (tertiary/aromatic N) is 2. The monoisotopic (exact) mass is 191 g/mol. The highest BCUT2D eigenvalue weighted by molar-refractivity contribution is 6.58. The Kier molecular flexibility index (Phi) is 2.03. The van der Waals surface area contributed by atoms with Crippen LogP contribution in [-0.4, -0.2) is 38.6 Å². The molecular weight excluding hydrogens is 185 g/mol. The molecule has 70 valence electrons. The molecule has 0 fully saturated rings. The van der Waals surface area contributed by atoms with Gasteiger partial charge in [-0.05, 0) is 6.07 Å². The molecule has 0 atom stereocenters. The minimum Gasteiger partial charge on any atom is -0.423 e. The lowest BCUT2D eigenvalue weighted by Crippen LogP contribution is -2.29. The van der Waals surface area contributed by atoms with Crippen LogP contribution in [0.25, 0.3) is 11.0 Å². The van der Waals surface area contributed by atoms with E-state index in [0.29, 0.717) is 17.3 Å². The first kappa shape index (κ1) is 8.85. The predicted molar refractivity (Wildman–Crippen MR) is 49.1 cm³/mol. The topological polar surface area (TPSA) is 99.1 Å². The predicted octanol–water partition coefficient (Wildman–Crippen LogP) is -1.55. The summed E-state index contributed by atoms with van der Waals surface area (Å²) in [5.74, 6) is 0. The Hall–Kier alpha value is -1.73. The molecule has 0 amide bonds. The highest BCUT2D eigenvalue weighted by Gasteiger charge is 2.14. The number of H-pyrrole nitrogens is 1. The number of carbonyl (C=O) groups excluding carboxylic acids is 1. The first-order valence-corrected chi connectivity index (χ1v) is 3.87. The minimum absolute atomic E-state index is 0.224. The first-order valence-electron chi connectivity index (χ1n) is 3.87. The lowest BCUT2D eigenvalue weighted by atomic mass is 9.81. The van der Waals surface area contributed by atoms with Crippen LogP contribution in [0, 0.1) is 0 Å². The molecule has 0 bridgehead atoms. The Morgan fingerprint density at radius 3 is 2.93 bits per heavy atom. The minimum atomic E-state index is -1.60. The van der Waals surface area contributed by atoms with Gasteiger partial charge in [-0.2, -0.15) is 5.10 Å². The second-order valence-electron chi connectivity index (χ2n) is 2.77. The number of rotatable bonds is 2. The van der Waals surface area contributed by atoms with Crippen LogP contribution in [0.2, 0.25) is 0 Å². The van der Waals surface area contributed by atoms with Gasteiger partial charge < -0.3 is 10.0 Å². The van der Waals surface area contributed by atoms with Crippen LogP contribution in [0.4, 0.5) is 0 Å². The second kappa shape index (κ2) is 3.20. The molecule has 0 aromatic carbocycles. The molecule has 0 spiro atoms. The fraction of sp³-hybridized carbons (Fsp3) is 0. The summed E-state index contributed by atoms with van der Waals surface area (Å²) in [7, 11) is -1.60. The number of aromatic nitrogens is 3. The quantitative estimate of drug-likeness (QED) is 0.394. The average molecular weight is 191 g/mol. The van der Waals surface area contributed by atoms with E-state index in [4.69, 9.17) is 10.0 Å². The van der Waals surface area contributed by atoms with E-state index >= 15 is 0 Å². The summed E-state index contributed by atoms with van der Waals surface area (Å²) in [5.41, 5.74) is 0.869. The maximum Gasteiger partial charge on any atom is 0.490 e. The van der Waals surface area contributed by atoms with Gasteiger partial charge in [-0.3, -0.25) is 9.89 Å². The van der Waals surface area contributed by atoms with E-state index in [1.165, 1.54) is 12.3 Å². The highest BCUT2D eigenvalue weighted by atomic mass is 16.4. The third kappa shape index (κ3) is 1.28. The molecule has 0 radical (unpaired) electrons. The molecule has 6 nitrogen and oxygen atoms in total. The molecule has 2 heterocycles. The Bertz CT molecular complexity index is 482. The summed E-state index contributed by atoms with van der Waals surface area (Å²) in [5, 5.41) is 24.5. The van der Waals surface area contributed by atoms with Gasteiger partial charge in [0.05, 0.1) is 0 Å². The smallest absolute Gasteiger partial charge is 0.423 e. The molecule has 0 unspecified atom stereocenters. The number of aromatic amines is 1. The zero-order valence-electron chi connectivity index (χ0n) is 7.01. The van der Waals surface area contributed by atoms with E-state index < -0.39 is 7.12 Å². The van der Waals surface area contributed by atoms with Crippen molar-refractivity contribution in [3.63, 3.8) is 0 Å². The second-order valence-corrected chi connectivity index (χ2v) is 2.77. The summed E-state index contributed by atoms with van der Waals surface area (Å²) in [6.07, 6.45) is 1.90. The van der Waals surface area contributed by atoms with Crippen molar-refractivity contribution in [2.45, 2.75) is 0 Å². The van der Waals surface area contributed by atoms with Crippen LogP contribution in [0.15, 0.2) is 12.3 Å². The molecule has 0 aliphatic heterocycles. The molecule has 14 heavy (non-hydrogen) atoms. The molecule has 0 aliphatic rings. The lowest BCUT2D eigenvalue weighted by molar-refractivity contribution is 0.112. The Morgan fingerprint density at radius 1 is 1.50 bits per heavy atom. The van der Waals surface area contributed by atoms with Crippen LogP contribution >= 0.6 is 0 Å². The van der Waals surface area contributed by atoms with E-state index in [2.05, 4.69) is 15.2 Å². The maximum atomic E-state index is 10.5. The van der Waals surface area contributed by atoms with Crippen molar-refractivity contribution in [2.24, 2.45) is 0 Å². The average Bonchev–Trinajstić information content (AvgIpc) is 2.59. The number of aldehydes is 1. The van der Waals surface area contributed by atoms with Gasteiger partial charge in [0, 0.05) is 17.0 Å². The lowest BCUT2D eigenvalue weighted by Gasteiger charge is -1.97. The van der Waals surface area contributed by atoms with Gasteiger partial charge in [0.25, 0.3) is 0 Å². The number of pyridine rings is 1. The van der Waals surface area contributed by atoms with Gasteiger partial charge in [-0.1, -0.05) is 0 Å². The van der Waals surface area contributed by atoms with Gasteiger partial charge in [-0.15, -0.1) is 0 Å². The fourth-order valence-corrected chi connectivity index (χ4v) is 1.17. The molecule has 0 saturated carbocycles. The standard InChI is InChI=1S/C7H6BN3O3/c12-3-6-5-1-4(8(13)14)2-9-7(5)11-10-6/h1-3,13-14H,(H,9,10,11). The maximum absolute atomic E-state index is 10.5. The number of hydrogen-bond donors (Lipinski definition) is 3. The molecule has 0 saturated heterocycles. The molecule has 2 rings (SSSR count). The zero-order chi connectivity index (χ0) is 10.1. The van der Waals surface area contributed by atoms with Crippen molar-refractivity contribution in [3.05, 3.63) is 18.0 Å². The highest BCUT2D eigenvalue weighted by Crippen LogP contribution is 2.09. The number of nitrogens with one attached hydrogen (secondary N) is 1. The SMILES string of the molecule is O=Cc1[nH]nc2ncc(B(O)O)cc12. The number of fused-ring (bicyclic) bond motifs is 1. The van der Waals surface area contributed by atoms with Crippen LogP contribution in [0.5, 0.6) is 0 Å². The van der Waals surface area contributed by atoms with Crippen molar-refractivity contribution in [1.29, 1.82) is 0 Å². The molecule has 2 aromatic heterocycles. The third-order valence-corrected chi connectivity index (χ3v) is 1.88. The molecule has 3 N–H and O–H groups in total. The first-order chi connectivity index (χ1) is 6.72. The molecule has 0 aliphatic carbocycles. The number of carbonyl (C=O) groups is 1. The summed E-state index contributed by atoms with van der Waals surface area (Å²) in [6.45, 7) is 0. The van der Waals surface area contributed by atoms with Crippen LogP contribution < -0.4 is 5.46 Å². The van der Waals surface area contributed by atoms with E-state index in [1.807, 2.05) is 0 Å². The van der Waals surface area contributed by atoms with Crippen LogP contribution in [0.3, 0.4) is 0 Å². The van der Waals surface area contributed by atoms with Gasteiger partial charge in [0.2, 0.25) is 0 Å². The van der Waals surface area contributed by atoms with Crippen molar-refractivity contribution in [3.8, 4) is 0 Å². The van der Waals surface area contributed by atoms with Gasteiger partial charge in [0.1, 0.15) is 5.69 Å². The van der Waals surface area contributed by atoms with Gasteiger partial charge >= 0.3 is 7.12 Å². The van der Waals surface area contributed by atoms with Crippen LogP contribution in [-0.2, 0) is 0 Å². The molecular formula is C7H6BN3O3. The summed E-state index contributed by atoms with van der Waals surface area (Å²) >= 11 is 0. The van der Waals surface area contributed by atoms with E-state index in [-0.39, 0.29) is 11.2 Å².